The van der Waals surface area contributed by atoms with E-state index < -0.39 is 29.3 Å². The molecular formula is C16H17F2N3O2. The maximum Gasteiger partial charge on any atom is 0.276 e. The molecule has 122 valence electrons. The standard InChI is InChI=1S/C16H17F2N3O2/c1-2-13(10-22)21(9-11-4-3-5-19-7-11)16(23)15-14(18)6-12(17)8-20-15/h3-8,13,22H,2,9-10H2,1H3/t13-/m0/s1. The molecule has 2 aromatic rings. The van der Waals surface area contributed by atoms with Crippen LogP contribution in [-0.4, -0.2) is 38.5 Å². The Bertz CT molecular complexity index is 664. The minimum Gasteiger partial charge on any atom is -0.394 e. The van der Waals surface area contributed by atoms with Crippen molar-refractivity contribution >= 4 is 5.91 Å². The second-order valence-electron chi connectivity index (χ2n) is 5.02. The van der Waals surface area contributed by atoms with Gasteiger partial charge >= 0.3 is 0 Å². The van der Waals surface area contributed by atoms with Gasteiger partial charge in [0.25, 0.3) is 5.91 Å². The molecule has 1 N–H and O–H groups in total. The summed E-state index contributed by atoms with van der Waals surface area (Å²) in [6.07, 6.45) is 4.45. The van der Waals surface area contributed by atoms with E-state index in [1.807, 2.05) is 0 Å². The summed E-state index contributed by atoms with van der Waals surface area (Å²) in [6.45, 7) is 1.68. The van der Waals surface area contributed by atoms with Crippen LogP contribution in [0.25, 0.3) is 0 Å². The summed E-state index contributed by atoms with van der Waals surface area (Å²) >= 11 is 0. The number of aromatic nitrogens is 2. The molecule has 2 aromatic heterocycles. The number of amides is 1. The number of carbonyl (C=O) groups is 1. The first-order valence-electron chi connectivity index (χ1n) is 7.18. The highest BCUT2D eigenvalue weighted by atomic mass is 19.1. The number of hydrogen-bond donors (Lipinski definition) is 1. The van der Waals surface area contributed by atoms with Gasteiger partial charge in [0.1, 0.15) is 5.82 Å². The van der Waals surface area contributed by atoms with Crippen molar-refractivity contribution in [1.82, 2.24) is 14.9 Å². The molecule has 0 bridgehead atoms. The molecule has 2 rings (SSSR count). The fraction of sp³-hybridized carbons (Fsp3) is 0.312. The van der Waals surface area contributed by atoms with Crippen molar-refractivity contribution in [2.75, 3.05) is 6.61 Å². The summed E-state index contributed by atoms with van der Waals surface area (Å²) in [6, 6.07) is 3.59. The van der Waals surface area contributed by atoms with Crippen LogP contribution in [0, 0.1) is 11.6 Å². The minimum absolute atomic E-state index is 0.143. The third-order valence-corrected chi connectivity index (χ3v) is 3.47. The van der Waals surface area contributed by atoms with E-state index in [4.69, 9.17) is 0 Å². The van der Waals surface area contributed by atoms with Crippen molar-refractivity contribution in [2.45, 2.75) is 25.9 Å². The molecule has 23 heavy (non-hydrogen) atoms. The lowest BCUT2D eigenvalue weighted by Crippen LogP contribution is -2.42. The van der Waals surface area contributed by atoms with Gasteiger partial charge in [0, 0.05) is 25.0 Å². The molecular weight excluding hydrogens is 304 g/mol. The Labute approximate surface area is 132 Å². The van der Waals surface area contributed by atoms with Crippen LogP contribution >= 0.6 is 0 Å². The second kappa shape index (κ2) is 7.73. The van der Waals surface area contributed by atoms with E-state index in [0.717, 1.165) is 11.8 Å². The lowest BCUT2D eigenvalue weighted by atomic mass is 10.1. The highest BCUT2D eigenvalue weighted by molar-refractivity contribution is 5.92. The average molecular weight is 321 g/mol. The van der Waals surface area contributed by atoms with Gasteiger partial charge in [-0.15, -0.1) is 0 Å². The molecule has 0 aliphatic rings. The smallest absolute Gasteiger partial charge is 0.276 e. The fourth-order valence-corrected chi connectivity index (χ4v) is 2.21. The largest absolute Gasteiger partial charge is 0.394 e. The molecule has 0 saturated carbocycles. The predicted molar refractivity (Wildman–Crippen MR) is 79.4 cm³/mol. The lowest BCUT2D eigenvalue weighted by Gasteiger charge is -2.29. The molecule has 0 spiro atoms. The average Bonchev–Trinajstić information content (AvgIpc) is 2.55. The molecule has 0 radical (unpaired) electrons. The molecule has 1 atom stereocenters. The summed E-state index contributed by atoms with van der Waals surface area (Å²) in [4.78, 5) is 21.5. The maximum atomic E-state index is 13.8. The van der Waals surface area contributed by atoms with Gasteiger partial charge < -0.3 is 10.0 Å². The predicted octanol–water partition coefficient (Wildman–Crippen LogP) is 2.17. The Balaban J connectivity index is 2.34. The van der Waals surface area contributed by atoms with E-state index in [2.05, 4.69) is 9.97 Å². The SMILES string of the molecule is CC[C@@H](CO)N(Cc1cccnc1)C(=O)c1ncc(F)cc1F. The van der Waals surface area contributed by atoms with Crippen LogP contribution in [0.2, 0.25) is 0 Å². The number of halogens is 2. The Morgan fingerprint density at radius 1 is 1.39 bits per heavy atom. The zero-order chi connectivity index (χ0) is 16.8. The molecule has 0 fully saturated rings. The maximum absolute atomic E-state index is 13.8. The molecule has 1 amide bonds. The van der Waals surface area contributed by atoms with Gasteiger partial charge in [-0.05, 0) is 18.1 Å². The van der Waals surface area contributed by atoms with Crippen molar-refractivity contribution in [3.8, 4) is 0 Å². The van der Waals surface area contributed by atoms with Gasteiger partial charge in [-0.2, -0.15) is 0 Å². The summed E-state index contributed by atoms with van der Waals surface area (Å²) in [5, 5.41) is 9.50. The van der Waals surface area contributed by atoms with Crippen molar-refractivity contribution in [2.24, 2.45) is 0 Å². The number of aliphatic hydroxyl groups is 1. The van der Waals surface area contributed by atoms with E-state index in [-0.39, 0.29) is 13.2 Å². The highest BCUT2D eigenvalue weighted by Gasteiger charge is 2.27. The van der Waals surface area contributed by atoms with Crippen molar-refractivity contribution in [1.29, 1.82) is 0 Å². The van der Waals surface area contributed by atoms with Crippen LogP contribution in [0.15, 0.2) is 36.8 Å². The number of hydrogen-bond acceptors (Lipinski definition) is 4. The van der Waals surface area contributed by atoms with Crippen molar-refractivity contribution in [3.05, 3.63) is 59.7 Å². The first-order chi connectivity index (χ1) is 11.1. The van der Waals surface area contributed by atoms with Crippen LogP contribution in [0.1, 0.15) is 29.4 Å². The third kappa shape index (κ3) is 4.07. The summed E-state index contributed by atoms with van der Waals surface area (Å²) in [7, 11) is 0. The van der Waals surface area contributed by atoms with E-state index in [0.29, 0.717) is 12.5 Å². The molecule has 0 aliphatic heterocycles. The van der Waals surface area contributed by atoms with Gasteiger partial charge in [0.2, 0.25) is 0 Å². The van der Waals surface area contributed by atoms with Crippen LogP contribution in [0.4, 0.5) is 8.78 Å². The number of carbonyl (C=O) groups excluding carboxylic acids is 1. The Hall–Kier alpha value is -2.41. The first kappa shape index (κ1) is 17.0. The summed E-state index contributed by atoms with van der Waals surface area (Å²) < 4.78 is 26.8. The van der Waals surface area contributed by atoms with Crippen LogP contribution in [-0.2, 0) is 6.54 Å². The van der Waals surface area contributed by atoms with Gasteiger partial charge in [-0.1, -0.05) is 13.0 Å². The van der Waals surface area contributed by atoms with E-state index in [1.165, 1.54) is 4.90 Å². The van der Waals surface area contributed by atoms with Crippen molar-refractivity contribution < 1.29 is 18.7 Å². The Kier molecular flexibility index (Phi) is 5.70. The Morgan fingerprint density at radius 3 is 2.74 bits per heavy atom. The number of aliphatic hydroxyl groups excluding tert-OH is 1. The van der Waals surface area contributed by atoms with E-state index in [9.17, 15) is 18.7 Å². The highest BCUT2D eigenvalue weighted by Crippen LogP contribution is 2.16. The first-order valence-corrected chi connectivity index (χ1v) is 7.18. The third-order valence-electron chi connectivity index (χ3n) is 3.47. The lowest BCUT2D eigenvalue weighted by molar-refractivity contribution is 0.0552. The molecule has 0 saturated heterocycles. The zero-order valence-corrected chi connectivity index (χ0v) is 12.6. The van der Waals surface area contributed by atoms with Crippen molar-refractivity contribution in [3.63, 3.8) is 0 Å². The van der Waals surface area contributed by atoms with E-state index in [1.54, 1.807) is 31.5 Å². The molecule has 5 nitrogen and oxygen atoms in total. The van der Waals surface area contributed by atoms with E-state index >= 15 is 0 Å². The molecule has 0 aromatic carbocycles. The zero-order valence-electron chi connectivity index (χ0n) is 12.6. The van der Waals surface area contributed by atoms with Gasteiger partial charge in [0.15, 0.2) is 11.5 Å². The molecule has 7 heteroatoms. The second-order valence-corrected chi connectivity index (χ2v) is 5.02. The quantitative estimate of drug-likeness (QED) is 0.885. The van der Waals surface area contributed by atoms with Crippen LogP contribution in [0.5, 0.6) is 0 Å². The molecule has 0 unspecified atom stereocenters. The van der Waals surface area contributed by atoms with Gasteiger partial charge in [-0.3, -0.25) is 9.78 Å². The van der Waals surface area contributed by atoms with Gasteiger partial charge in [-0.25, -0.2) is 13.8 Å². The number of pyridine rings is 2. The number of rotatable bonds is 6. The van der Waals surface area contributed by atoms with Crippen LogP contribution < -0.4 is 0 Å². The normalized spacial score (nSPS) is 12.0. The topological polar surface area (TPSA) is 66.3 Å². The summed E-state index contributed by atoms with van der Waals surface area (Å²) in [5.41, 5.74) is 0.262. The molecule has 2 heterocycles. The monoisotopic (exact) mass is 321 g/mol. The van der Waals surface area contributed by atoms with Gasteiger partial charge in [0.05, 0.1) is 18.8 Å². The Morgan fingerprint density at radius 2 is 2.17 bits per heavy atom. The fourth-order valence-electron chi connectivity index (χ4n) is 2.21. The molecule has 0 aliphatic carbocycles. The van der Waals surface area contributed by atoms with Crippen LogP contribution in [0.3, 0.4) is 0 Å². The summed E-state index contributed by atoms with van der Waals surface area (Å²) in [5.74, 6) is -2.58. The minimum atomic E-state index is -1.03. The number of nitrogens with zero attached hydrogens (tertiary/aromatic N) is 3.